The second-order valence-electron chi connectivity index (χ2n) is 6.51. The Hall–Kier alpha value is -2.84. The van der Waals surface area contributed by atoms with Gasteiger partial charge in [-0.25, -0.2) is 4.79 Å². The van der Waals surface area contributed by atoms with Crippen molar-refractivity contribution in [3.05, 3.63) is 77.3 Å². The smallest absolute Gasteiger partial charge is 0.416 e. The number of allylic oxidation sites excluding steroid dienone is 2. The standard InChI is InChI=1S/C21H20F3NO4/c22-21(23,24)16-6-4-15(5-7-16)18(2-1-3-20(26)27)19-9-8-17(29-19)14-25-10-12-28-13-11-25/h1-9H,10-14H2,(H,26,27). The van der Waals surface area contributed by atoms with Gasteiger partial charge < -0.3 is 14.3 Å². The highest BCUT2D eigenvalue weighted by Gasteiger charge is 2.30. The van der Waals surface area contributed by atoms with E-state index in [1.807, 2.05) is 6.07 Å². The Kier molecular flexibility index (Phi) is 6.56. The third-order valence-electron chi connectivity index (χ3n) is 4.44. The Morgan fingerprint density at radius 1 is 1.10 bits per heavy atom. The van der Waals surface area contributed by atoms with Crippen LogP contribution in [0.15, 0.2) is 59.0 Å². The lowest BCUT2D eigenvalue weighted by molar-refractivity contribution is -0.137. The van der Waals surface area contributed by atoms with E-state index in [9.17, 15) is 18.0 Å². The van der Waals surface area contributed by atoms with Gasteiger partial charge in [-0.15, -0.1) is 0 Å². The molecule has 1 N–H and O–H groups in total. The largest absolute Gasteiger partial charge is 0.478 e. The maximum Gasteiger partial charge on any atom is 0.416 e. The van der Waals surface area contributed by atoms with E-state index in [1.54, 1.807) is 6.07 Å². The van der Waals surface area contributed by atoms with Gasteiger partial charge in [0.1, 0.15) is 11.5 Å². The molecular weight excluding hydrogens is 387 g/mol. The monoisotopic (exact) mass is 407 g/mol. The molecule has 0 spiro atoms. The third kappa shape index (κ3) is 5.82. The van der Waals surface area contributed by atoms with E-state index in [1.165, 1.54) is 24.3 Å². The summed E-state index contributed by atoms with van der Waals surface area (Å²) in [6.07, 6.45) is -0.656. The second-order valence-corrected chi connectivity index (χ2v) is 6.51. The number of halogens is 3. The zero-order chi connectivity index (χ0) is 20.9. The summed E-state index contributed by atoms with van der Waals surface area (Å²) < 4.78 is 49.7. The quantitative estimate of drug-likeness (QED) is 0.574. The van der Waals surface area contributed by atoms with Gasteiger partial charge in [0, 0.05) is 24.7 Å². The summed E-state index contributed by atoms with van der Waals surface area (Å²) in [4.78, 5) is 12.9. The second kappa shape index (κ2) is 9.11. The number of nitrogens with zero attached hydrogens (tertiary/aromatic N) is 1. The number of morpholine rings is 1. The molecule has 2 aromatic rings. The molecule has 1 aromatic carbocycles. The molecule has 2 heterocycles. The number of rotatable bonds is 6. The van der Waals surface area contributed by atoms with Gasteiger partial charge in [0.15, 0.2) is 0 Å². The van der Waals surface area contributed by atoms with Gasteiger partial charge in [0.2, 0.25) is 0 Å². The van der Waals surface area contributed by atoms with E-state index in [0.29, 0.717) is 42.4 Å². The number of alkyl halides is 3. The number of aliphatic carboxylic acids is 1. The molecule has 29 heavy (non-hydrogen) atoms. The third-order valence-corrected chi connectivity index (χ3v) is 4.44. The topological polar surface area (TPSA) is 62.9 Å². The SMILES string of the molecule is O=C(O)C=CC=C(c1ccc(C(F)(F)F)cc1)c1ccc(CN2CCOCC2)o1. The Labute approximate surface area is 165 Å². The van der Waals surface area contributed by atoms with E-state index >= 15 is 0 Å². The molecule has 5 nitrogen and oxygen atoms in total. The molecule has 8 heteroatoms. The molecule has 154 valence electrons. The Morgan fingerprint density at radius 3 is 2.41 bits per heavy atom. The summed E-state index contributed by atoms with van der Waals surface area (Å²) in [6.45, 7) is 3.49. The number of hydrogen-bond donors (Lipinski definition) is 1. The molecular formula is C21H20F3NO4. The average Bonchev–Trinajstić information content (AvgIpc) is 3.13. The molecule has 1 fully saturated rings. The summed E-state index contributed by atoms with van der Waals surface area (Å²) in [7, 11) is 0. The first kappa shape index (κ1) is 20.9. The van der Waals surface area contributed by atoms with Crippen LogP contribution in [0.1, 0.15) is 22.6 Å². The van der Waals surface area contributed by atoms with Crippen molar-refractivity contribution in [3.8, 4) is 0 Å². The lowest BCUT2D eigenvalue weighted by atomic mass is 10.0. The van der Waals surface area contributed by atoms with Gasteiger partial charge in [-0.2, -0.15) is 13.2 Å². The summed E-state index contributed by atoms with van der Waals surface area (Å²) in [6, 6.07) is 8.20. The first-order chi connectivity index (χ1) is 13.8. The van der Waals surface area contributed by atoms with Crippen LogP contribution in [0.4, 0.5) is 13.2 Å². The zero-order valence-electron chi connectivity index (χ0n) is 15.5. The van der Waals surface area contributed by atoms with Crippen LogP contribution in [0.3, 0.4) is 0 Å². The van der Waals surface area contributed by atoms with Crippen LogP contribution in [-0.2, 0) is 22.3 Å². The van der Waals surface area contributed by atoms with Crippen LogP contribution in [0.25, 0.3) is 5.57 Å². The van der Waals surface area contributed by atoms with Crippen LogP contribution >= 0.6 is 0 Å². The molecule has 0 amide bonds. The van der Waals surface area contributed by atoms with Crippen LogP contribution in [0.5, 0.6) is 0 Å². The molecule has 0 atom stereocenters. The predicted octanol–water partition coefficient (Wildman–Crippen LogP) is 4.20. The Morgan fingerprint density at radius 2 is 1.79 bits per heavy atom. The van der Waals surface area contributed by atoms with E-state index in [0.717, 1.165) is 31.3 Å². The number of hydrogen-bond acceptors (Lipinski definition) is 4. The van der Waals surface area contributed by atoms with Gasteiger partial charge in [0.25, 0.3) is 0 Å². The Bertz CT molecular complexity index is 891. The van der Waals surface area contributed by atoms with Crippen LogP contribution in [-0.4, -0.2) is 42.3 Å². The highest BCUT2D eigenvalue weighted by molar-refractivity contribution is 5.83. The zero-order valence-corrected chi connectivity index (χ0v) is 15.5. The first-order valence-electron chi connectivity index (χ1n) is 9.01. The van der Waals surface area contributed by atoms with Crippen molar-refractivity contribution in [2.24, 2.45) is 0 Å². The summed E-state index contributed by atoms with van der Waals surface area (Å²) >= 11 is 0. The van der Waals surface area contributed by atoms with Gasteiger partial charge in [-0.05, 0) is 29.8 Å². The van der Waals surface area contributed by atoms with Crippen molar-refractivity contribution < 1.29 is 32.2 Å². The molecule has 1 aliphatic heterocycles. The maximum atomic E-state index is 12.8. The minimum Gasteiger partial charge on any atom is -0.478 e. The number of ether oxygens (including phenoxy) is 1. The van der Waals surface area contributed by atoms with Crippen molar-refractivity contribution >= 4 is 11.5 Å². The summed E-state index contributed by atoms with van der Waals surface area (Å²) in [5.41, 5.74) is 0.221. The van der Waals surface area contributed by atoms with Crippen molar-refractivity contribution in [1.82, 2.24) is 4.90 Å². The van der Waals surface area contributed by atoms with Crippen molar-refractivity contribution in [2.75, 3.05) is 26.3 Å². The molecule has 0 aliphatic carbocycles. The molecule has 3 rings (SSSR count). The van der Waals surface area contributed by atoms with Crippen LogP contribution < -0.4 is 0 Å². The summed E-state index contributed by atoms with van der Waals surface area (Å²) in [5, 5.41) is 8.80. The minimum atomic E-state index is -4.43. The van der Waals surface area contributed by atoms with Crippen molar-refractivity contribution in [2.45, 2.75) is 12.7 Å². The molecule has 1 aliphatic rings. The molecule has 0 radical (unpaired) electrons. The fourth-order valence-electron chi connectivity index (χ4n) is 2.97. The lowest BCUT2D eigenvalue weighted by Crippen LogP contribution is -2.35. The minimum absolute atomic E-state index is 0.447. The van der Waals surface area contributed by atoms with E-state index in [4.69, 9.17) is 14.3 Å². The van der Waals surface area contributed by atoms with Crippen LogP contribution in [0.2, 0.25) is 0 Å². The molecule has 1 saturated heterocycles. The Balaban J connectivity index is 1.87. The fraction of sp³-hybridized carbons (Fsp3) is 0.286. The lowest BCUT2D eigenvalue weighted by Gasteiger charge is -2.25. The maximum absolute atomic E-state index is 12.8. The molecule has 1 aromatic heterocycles. The van der Waals surface area contributed by atoms with E-state index in [2.05, 4.69) is 4.90 Å². The van der Waals surface area contributed by atoms with Crippen molar-refractivity contribution in [3.63, 3.8) is 0 Å². The average molecular weight is 407 g/mol. The van der Waals surface area contributed by atoms with Gasteiger partial charge in [0.05, 0.1) is 25.3 Å². The first-order valence-corrected chi connectivity index (χ1v) is 9.01. The normalized spacial score (nSPS) is 16.4. The molecule has 0 unspecified atom stereocenters. The van der Waals surface area contributed by atoms with Crippen LogP contribution in [0, 0.1) is 0 Å². The highest BCUT2D eigenvalue weighted by Crippen LogP contribution is 2.32. The number of carboxylic acid groups (broad SMARTS) is 1. The van der Waals surface area contributed by atoms with E-state index < -0.39 is 17.7 Å². The number of benzene rings is 1. The number of carboxylic acids is 1. The van der Waals surface area contributed by atoms with Gasteiger partial charge >= 0.3 is 12.1 Å². The number of furan rings is 1. The molecule has 0 saturated carbocycles. The highest BCUT2D eigenvalue weighted by atomic mass is 19.4. The predicted molar refractivity (Wildman–Crippen MR) is 100 cm³/mol. The molecule has 0 bridgehead atoms. The number of carbonyl (C=O) groups is 1. The van der Waals surface area contributed by atoms with E-state index in [-0.39, 0.29) is 0 Å². The summed E-state index contributed by atoms with van der Waals surface area (Å²) in [5.74, 6) is 0.0328. The van der Waals surface area contributed by atoms with Gasteiger partial charge in [-0.3, -0.25) is 4.90 Å². The van der Waals surface area contributed by atoms with Crippen molar-refractivity contribution in [1.29, 1.82) is 0 Å². The fourth-order valence-corrected chi connectivity index (χ4v) is 2.97. The van der Waals surface area contributed by atoms with Gasteiger partial charge in [-0.1, -0.05) is 24.3 Å².